The Kier molecular flexibility index (Phi) is 4.06. The van der Waals surface area contributed by atoms with Crippen LogP contribution >= 0.6 is 11.6 Å². The topological polar surface area (TPSA) is 55.2 Å². The van der Waals surface area contributed by atoms with Crippen molar-refractivity contribution < 1.29 is 8.42 Å². The molecular formula is C13H20ClN3O2S. The highest BCUT2D eigenvalue weighted by molar-refractivity contribution is 7.89. The second-order valence-electron chi connectivity index (χ2n) is 5.64. The van der Waals surface area contributed by atoms with Crippen molar-refractivity contribution >= 4 is 21.6 Å². The fraction of sp³-hybridized carbons (Fsp3) is 0.769. The van der Waals surface area contributed by atoms with E-state index in [1.54, 1.807) is 15.2 Å². The molecule has 3 rings (SSSR count). The molecule has 2 aliphatic rings. The minimum atomic E-state index is -3.40. The smallest absolute Gasteiger partial charge is 0.246 e. The highest BCUT2D eigenvalue weighted by Gasteiger charge is 2.42. The minimum Gasteiger partial charge on any atom is -0.270 e. The molecule has 1 saturated carbocycles. The highest BCUT2D eigenvalue weighted by Crippen LogP contribution is 2.38. The first-order valence-corrected chi connectivity index (χ1v) is 9.20. The van der Waals surface area contributed by atoms with Gasteiger partial charge >= 0.3 is 0 Å². The number of aromatic nitrogens is 2. The van der Waals surface area contributed by atoms with E-state index in [0.29, 0.717) is 29.8 Å². The zero-order valence-corrected chi connectivity index (χ0v) is 13.0. The SMILES string of the molecule is O=S(=O)(c1cnn(CCCl)c1)N1CCC2CCCCC21. The molecule has 112 valence electrons. The van der Waals surface area contributed by atoms with E-state index in [1.165, 1.54) is 19.0 Å². The molecule has 1 aromatic rings. The lowest BCUT2D eigenvalue weighted by molar-refractivity contribution is 0.260. The Morgan fingerprint density at radius 3 is 2.90 bits per heavy atom. The molecule has 2 unspecified atom stereocenters. The lowest BCUT2D eigenvalue weighted by Crippen LogP contribution is -2.39. The molecule has 1 aliphatic heterocycles. The van der Waals surface area contributed by atoms with Crippen molar-refractivity contribution in [2.24, 2.45) is 5.92 Å². The quantitative estimate of drug-likeness (QED) is 0.799. The summed E-state index contributed by atoms with van der Waals surface area (Å²) >= 11 is 5.66. The Morgan fingerprint density at radius 2 is 2.10 bits per heavy atom. The largest absolute Gasteiger partial charge is 0.270 e. The maximum Gasteiger partial charge on any atom is 0.246 e. The maximum atomic E-state index is 12.7. The van der Waals surface area contributed by atoms with Crippen LogP contribution in [0.5, 0.6) is 0 Å². The van der Waals surface area contributed by atoms with Crippen LogP contribution in [0.3, 0.4) is 0 Å². The summed E-state index contributed by atoms with van der Waals surface area (Å²) in [5, 5.41) is 4.07. The van der Waals surface area contributed by atoms with Crippen LogP contribution in [0.1, 0.15) is 32.1 Å². The number of hydrogen-bond acceptors (Lipinski definition) is 3. The lowest BCUT2D eigenvalue weighted by atomic mass is 9.86. The van der Waals surface area contributed by atoms with Crippen molar-refractivity contribution in [3.05, 3.63) is 12.4 Å². The minimum absolute atomic E-state index is 0.199. The number of rotatable bonds is 4. The standard InChI is InChI=1S/C13H20ClN3O2S/c14-6-8-16-10-12(9-15-16)20(18,19)17-7-5-11-3-1-2-4-13(11)17/h9-11,13H,1-8H2. The summed E-state index contributed by atoms with van der Waals surface area (Å²) in [6.45, 7) is 1.18. The number of aryl methyl sites for hydroxylation is 1. The monoisotopic (exact) mass is 317 g/mol. The molecule has 0 spiro atoms. The first-order valence-electron chi connectivity index (χ1n) is 7.23. The fourth-order valence-electron chi connectivity index (χ4n) is 3.48. The van der Waals surface area contributed by atoms with Crippen LogP contribution in [-0.4, -0.2) is 41.0 Å². The summed E-state index contributed by atoms with van der Waals surface area (Å²) in [6.07, 6.45) is 8.58. The van der Waals surface area contributed by atoms with Gasteiger partial charge in [0.1, 0.15) is 4.90 Å². The van der Waals surface area contributed by atoms with Gasteiger partial charge in [0.25, 0.3) is 0 Å². The number of alkyl halides is 1. The molecule has 20 heavy (non-hydrogen) atoms. The van der Waals surface area contributed by atoms with Gasteiger partial charge in [-0.3, -0.25) is 4.68 Å². The summed E-state index contributed by atoms with van der Waals surface area (Å²) < 4.78 is 28.8. The molecule has 2 heterocycles. The van der Waals surface area contributed by atoms with Gasteiger partial charge in [0.2, 0.25) is 10.0 Å². The lowest BCUT2D eigenvalue weighted by Gasteiger charge is -2.30. The summed E-state index contributed by atoms with van der Waals surface area (Å²) in [7, 11) is -3.40. The first-order chi connectivity index (χ1) is 9.63. The molecule has 0 radical (unpaired) electrons. The number of nitrogens with zero attached hydrogens (tertiary/aromatic N) is 3. The van der Waals surface area contributed by atoms with Crippen molar-refractivity contribution in [3.8, 4) is 0 Å². The van der Waals surface area contributed by atoms with Gasteiger partial charge in [0, 0.05) is 24.7 Å². The van der Waals surface area contributed by atoms with E-state index in [4.69, 9.17) is 11.6 Å². The van der Waals surface area contributed by atoms with E-state index in [0.717, 1.165) is 19.3 Å². The molecule has 7 heteroatoms. The fourth-order valence-corrected chi connectivity index (χ4v) is 5.34. The molecule has 0 aromatic carbocycles. The molecule has 0 N–H and O–H groups in total. The second kappa shape index (κ2) is 5.66. The van der Waals surface area contributed by atoms with E-state index in [-0.39, 0.29) is 6.04 Å². The Bertz CT molecular complexity index is 572. The van der Waals surface area contributed by atoms with Crippen molar-refractivity contribution in [3.63, 3.8) is 0 Å². The van der Waals surface area contributed by atoms with Crippen molar-refractivity contribution in [1.82, 2.24) is 14.1 Å². The average Bonchev–Trinajstić information content (AvgIpc) is 3.05. The van der Waals surface area contributed by atoms with E-state index in [9.17, 15) is 8.42 Å². The predicted molar refractivity (Wildman–Crippen MR) is 77.2 cm³/mol. The number of fused-ring (bicyclic) bond motifs is 1. The van der Waals surface area contributed by atoms with Crippen LogP contribution in [0.4, 0.5) is 0 Å². The molecule has 2 atom stereocenters. The maximum absolute atomic E-state index is 12.7. The number of halogens is 1. The Labute approximate surface area is 125 Å². The normalized spacial score (nSPS) is 27.6. The third-order valence-corrected chi connectivity index (χ3v) is 6.54. The molecule has 5 nitrogen and oxygen atoms in total. The Hall–Kier alpha value is -0.590. The molecule has 1 aliphatic carbocycles. The summed E-state index contributed by atoms with van der Waals surface area (Å²) in [6, 6.07) is 0.199. The Morgan fingerprint density at radius 1 is 1.30 bits per heavy atom. The average molecular weight is 318 g/mol. The molecular weight excluding hydrogens is 298 g/mol. The van der Waals surface area contributed by atoms with Crippen LogP contribution in [0.25, 0.3) is 0 Å². The van der Waals surface area contributed by atoms with Gasteiger partial charge in [-0.05, 0) is 25.2 Å². The third kappa shape index (κ3) is 2.49. The van der Waals surface area contributed by atoms with E-state index < -0.39 is 10.0 Å². The zero-order chi connectivity index (χ0) is 14.2. The predicted octanol–water partition coefficient (Wildman–Crippen LogP) is 2.08. The molecule has 1 aromatic heterocycles. The van der Waals surface area contributed by atoms with Gasteiger partial charge in [-0.15, -0.1) is 11.6 Å². The molecule has 0 amide bonds. The van der Waals surface area contributed by atoms with E-state index in [1.807, 2.05) is 0 Å². The first kappa shape index (κ1) is 14.4. The summed E-state index contributed by atoms with van der Waals surface area (Å²) in [5.41, 5.74) is 0. The van der Waals surface area contributed by atoms with Crippen LogP contribution in [0, 0.1) is 5.92 Å². The second-order valence-corrected chi connectivity index (χ2v) is 7.91. The van der Waals surface area contributed by atoms with Crippen LogP contribution < -0.4 is 0 Å². The van der Waals surface area contributed by atoms with Gasteiger partial charge < -0.3 is 0 Å². The third-order valence-electron chi connectivity index (χ3n) is 4.49. The van der Waals surface area contributed by atoms with E-state index in [2.05, 4.69) is 5.10 Å². The van der Waals surface area contributed by atoms with Gasteiger partial charge in [-0.1, -0.05) is 12.8 Å². The van der Waals surface area contributed by atoms with Crippen molar-refractivity contribution in [2.45, 2.75) is 49.6 Å². The number of sulfonamides is 1. The van der Waals surface area contributed by atoms with E-state index >= 15 is 0 Å². The molecule has 0 bridgehead atoms. The Balaban J connectivity index is 1.83. The molecule has 1 saturated heterocycles. The van der Waals surface area contributed by atoms with Crippen LogP contribution in [-0.2, 0) is 16.6 Å². The summed E-state index contributed by atoms with van der Waals surface area (Å²) in [4.78, 5) is 0.300. The van der Waals surface area contributed by atoms with Gasteiger partial charge in [-0.25, -0.2) is 8.42 Å². The number of hydrogen-bond donors (Lipinski definition) is 0. The van der Waals surface area contributed by atoms with Gasteiger partial charge in [-0.2, -0.15) is 9.40 Å². The summed E-state index contributed by atoms with van der Waals surface area (Å²) in [5.74, 6) is 0.978. The van der Waals surface area contributed by atoms with Crippen molar-refractivity contribution in [1.29, 1.82) is 0 Å². The van der Waals surface area contributed by atoms with Crippen molar-refractivity contribution in [2.75, 3.05) is 12.4 Å². The van der Waals surface area contributed by atoms with Gasteiger partial charge in [0.15, 0.2) is 0 Å². The van der Waals surface area contributed by atoms with Crippen LogP contribution in [0.15, 0.2) is 17.3 Å². The highest BCUT2D eigenvalue weighted by atomic mass is 35.5. The van der Waals surface area contributed by atoms with Crippen LogP contribution in [0.2, 0.25) is 0 Å². The molecule has 2 fully saturated rings. The van der Waals surface area contributed by atoms with Gasteiger partial charge in [0.05, 0.1) is 12.7 Å². The zero-order valence-electron chi connectivity index (χ0n) is 11.4.